The van der Waals surface area contributed by atoms with Gasteiger partial charge in [0.25, 0.3) is 0 Å². The van der Waals surface area contributed by atoms with E-state index in [2.05, 4.69) is 0 Å². The Morgan fingerprint density at radius 1 is 1.31 bits per heavy atom. The first kappa shape index (κ1) is 10.8. The molecule has 0 saturated heterocycles. The van der Waals surface area contributed by atoms with E-state index in [1.165, 1.54) is 18.3 Å². The quantitative estimate of drug-likeness (QED) is 0.652. The molecule has 16 heavy (non-hydrogen) atoms. The Labute approximate surface area is 96.9 Å². The summed E-state index contributed by atoms with van der Waals surface area (Å²) in [5.41, 5.74) is 5.72. The monoisotopic (exact) mass is 233 g/mol. The first-order valence-corrected chi connectivity index (χ1v) is 5.79. The Hall–Kier alpha value is -1.68. The SMILES string of the molecule is CC(C(N)=O)C(=O)c1csc2ccccc12. The van der Waals surface area contributed by atoms with E-state index in [1.54, 1.807) is 5.38 Å². The standard InChI is InChI=1S/C12H11NO2S/c1-7(12(13)15)11(14)9-6-16-10-5-3-2-4-8(9)10/h2-7H,1H3,(H2,13,15). The second-order valence-corrected chi connectivity index (χ2v) is 4.55. The lowest BCUT2D eigenvalue weighted by atomic mass is 9.98. The van der Waals surface area contributed by atoms with Crippen molar-refractivity contribution in [1.82, 2.24) is 0 Å². The summed E-state index contributed by atoms with van der Waals surface area (Å²) in [6.45, 7) is 1.54. The van der Waals surface area contributed by atoms with Gasteiger partial charge in [0.05, 0.1) is 5.92 Å². The lowest BCUT2D eigenvalue weighted by Crippen LogP contribution is -2.27. The molecule has 0 aliphatic carbocycles. The summed E-state index contributed by atoms with van der Waals surface area (Å²) in [6, 6.07) is 7.63. The number of hydrogen-bond acceptors (Lipinski definition) is 3. The molecular formula is C12H11NO2S. The van der Waals surface area contributed by atoms with Gasteiger partial charge in [-0.15, -0.1) is 11.3 Å². The molecule has 1 heterocycles. The molecule has 1 amide bonds. The molecule has 1 unspecified atom stereocenters. The van der Waals surface area contributed by atoms with E-state index in [1.807, 2.05) is 24.3 Å². The van der Waals surface area contributed by atoms with Crippen LogP contribution in [-0.4, -0.2) is 11.7 Å². The number of thiophene rings is 1. The van der Waals surface area contributed by atoms with Crippen LogP contribution >= 0.6 is 11.3 Å². The van der Waals surface area contributed by atoms with Crippen molar-refractivity contribution in [3.8, 4) is 0 Å². The lowest BCUT2D eigenvalue weighted by molar-refractivity contribution is -0.119. The summed E-state index contributed by atoms with van der Waals surface area (Å²) in [5, 5.41) is 2.68. The topological polar surface area (TPSA) is 60.2 Å². The van der Waals surface area contributed by atoms with Crippen LogP contribution in [0.1, 0.15) is 17.3 Å². The van der Waals surface area contributed by atoms with Gasteiger partial charge in [-0.1, -0.05) is 18.2 Å². The molecule has 0 aliphatic heterocycles. The van der Waals surface area contributed by atoms with Gasteiger partial charge in [-0.25, -0.2) is 0 Å². The van der Waals surface area contributed by atoms with Crippen LogP contribution in [0.25, 0.3) is 10.1 Å². The number of carbonyl (C=O) groups is 2. The predicted molar refractivity (Wildman–Crippen MR) is 64.5 cm³/mol. The highest BCUT2D eigenvalue weighted by Crippen LogP contribution is 2.27. The smallest absolute Gasteiger partial charge is 0.228 e. The molecule has 4 heteroatoms. The number of hydrogen-bond donors (Lipinski definition) is 1. The zero-order valence-corrected chi connectivity index (χ0v) is 9.58. The van der Waals surface area contributed by atoms with Crippen molar-refractivity contribution in [1.29, 1.82) is 0 Å². The molecule has 2 rings (SSSR count). The van der Waals surface area contributed by atoms with Gasteiger partial charge >= 0.3 is 0 Å². The minimum atomic E-state index is -0.766. The van der Waals surface area contributed by atoms with Crippen LogP contribution in [0.5, 0.6) is 0 Å². The first-order chi connectivity index (χ1) is 7.61. The highest BCUT2D eigenvalue weighted by molar-refractivity contribution is 7.17. The predicted octanol–water partition coefficient (Wildman–Crippen LogP) is 2.21. The van der Waals surface area contributed by atoms with Crippen LogP contribution in [0.15, 0.2) is 29.6 Å². The van der Waals surface area contributed by atoms with E-state index >= 15 is 0 Å². The second kappa shape index (κ2) is 4.06. The Kier molecular flexibility index (Phi) is 2.75. The van der Waals surface area contributed by atoms with Crippen molar-refractivity contribution in [3.05, 3.63) is 35.2 Å². The van der Waals surface area contributed by atoms with Gasteiger partial charge in [-0.3, -0.25) is 9.59 Å². The molecule has 1 atom stereocenters. The van der Waals surface area contributed by atoms with E-state index < -0.39 is 11.8 Å². The van der Waals surface area contributed by atoms with Gasteiger partial charge in [0.1, 0.15) is 0 Å². The molecule has 0 bridgehead atoms. The van der Waals surface area contributed by atoms with E-state index in [-0.39, 0.29) is 5.78 Å². The highest BCUT2D eigenvalue weighted by atomic mass is 32.1. The summed E-state index contributed by atoms with van der Waals surface area (Å²) < 4.78 is 1.04. The molecule has 2 aromatic rings. The van der Waals surface area contributed by atoms with Crippen LogP contribution in [-0.2, 0) is 4.79 Å². The van der Waals surface area contributed by atoms with Gasteiger partial charge in [0.15, 0.2) is 5.78 Å². The number of ketones is 1. The maximum Gasteiger partial charge on any atom is 0.228 e. The van der Waals surface area contributed by atoms with E-state index in [0.717, 1.165) is 10.1 Å². The van der Waals surface area contributed by atoms with Gasteiger partial charge in [-0.05, 0) is 13.0 Å². The number of benzene rings is 1. The number of Topliss-reactive ketones (excluding diaryl/α,β-unsaturated/α-hetero) is 1. The lowest BCUT2D eigenvalue weighted by Gasteiger charge is -2.04. The number of rotatable bonds is 3. The zero-order valence-electron chi connectivity index (χ0n) is 8.77. The number of fused-ring (bicyclic) bond motifs is 1. The van der Waals surface area contributed by atoms with Crippen LogP contribution in [0.3, 0.4) is 0 Å². The molecule has 0 aliphatic rings. The van der Waals surface area contributed by atoms with Crippen LogP contribution in [0.2, 0.25) is 0 Å². The minimum absolute atomic E-state index is 0.204. The molecule has 1 aromatic heterocycles. The fourth-order valence-electron chi connectivity index (χ4n) is 1.53. The van der Waals surface area contributed by atoms with E-state index in [0.29, 0.717) is 5.56 Å². The zero-order chi connectivity index (χ0) is 11.7. The first-order valence-electron chi connectivity index (χ1n) is 4.91. The minimum Gasteiger partial charge on any atom is -0.369 e. The summed E-state index contributed by atoms with van der Waals surface area (Å²) in [4.78, 5) is 22.9. The van der Waals surface area contributed by atoms with Crippen molar-refractivity contribution in [2.75, 3.05) is 0 Å². The normalized spacial score (nSPS) is 12.6. The summed E-state index contributed by atoms with van der Waals surface area (Å²) in [7, 11) is 0. The molecule has 3 nitrogen and oxygen atoms in total. The van der Waals surface area contributed by atoms with E-state index in [4.69, 9.17) is 5.73 Å². The maximum absolute atomic E-state index is 12.0. The number of carbonyl (C=O) groups excluding carboxylic acids is 2. The maximum atomic E-state index is 12.0. The van der Waals surface area contributed by atoms with Gasteiger partial charge in [0, 0.05) is 21.0 Å². The Morgan fingerprint density at radius 3 is 2.69 bits per heavy atom. The van der Waals surface area contributed by atoms with Crippen LogP contribution in [0.4, 0.5) is 0 Å². The number of nitrogens with two attached hydrogens (primary N) is 1. The molecule has 1 aromatic carbocycles. The molecule has 0 saturated carbocycles. The third-order valence-corrected chi connectivity index (χ3v) is 3.53. The van der Waals surface area contributed by atoms with E-state index in [9.17, 15) is 9.59 Å². The van der Waals surface area contributed by atoms with Crippen LogP contribution in [0, 0.1) is 5.92 Å². The molecule has 82 valence electrons. The Bertz CT molecular complexity index is 559. The highest BCUT2D eigenvalue weighted by Gasteiger charge is 2.22. The molecule has 0 radical (unpaired) electrons. The van der Waals surface area contributed by atoms with Gasteiger partial charge in [0.2, 0.25) is 5.91 Å². The Balaban J connectivity index is 2.48. The second-order valence-electron chi connectivity index (χ2n) is 3.63. The summed E-state index contributed by atoms with van der Waals surface area (Å²) in [5.74, 6) is -1.55. The van der Waals surface area contributed by atoms with Crippen molar-refractivity contribution in [3.63, 3.8) is 0 Å². The molecule has 0 fully saturated rings. The van der Waals surface area contributed by atoms with Crippen LogP contribution < -0.4 is 5.73 Å². The number of amides is 1. The van der Waals surface area contributed by atoms with Crippen molar-refractivity contribution >= 4 is 33.1 Å². The third-order valence-electron chi connectivity index (χ3n) is 2.57. The fourth-order valence-corrected chi connectivity index (χ4v) is 2.48. The molecular weight excluding hydrogens is 222 g/mol. The molecule has 2 N–H and O–H groups in total. The summed E-state index contributed by atoms with van der Waals surface area (Å²) in [6.07, 6.45) is 0. The Morgan fingerprint density at radius 2 is 2.00 bits per heavy atom. The third kappa shape index (κ3) is 1.72. The average molecular weight is 233 g/mol. The summed E-state index contributed by atoms with van der Waals surface area (Å²) >= 11 is 1.50. The van der Waals surface area contributed by atoms with Crippen molar-refractivity contribution in [2.45, 2.75) is 6.92 Å². The average Bonchev–Trinajstić information content (AvgIpc) is 2.70. The van der Waals surface area contributed by atoms with Crippen molar-refractivity contribution in [2.24, 2.45) is 11.7 Å². The number of primary amides is 1. The van der Waals surface area contributed by atoms with Crippen molar-refractivity contribution < 1.29 is 9.59 Å². The van der Waals surface area contributed by atoms with Gasteiger partial charge < -0.3 is 5.73 Å². The fraction of sp³-hybridized carbons (Fsp3) is 0.167. The largest absolute Gasteiger partial charge is 0.369 e. The van der Waals surface area contributed by atoms with Gasteiger partial charge in [-0.2, -0.15) is 0 Å². The molecule has 0 spiro atoms.